The monoisotopic (exact) mass is 270 g/mol. The number of carbonyl (C=O) groups excluding carboxylic acids is 1. The Labute approximate surface area is 112 Å². The number of benzene rings is 1. The van der Waals surface area contributed by atoms with Crippen molar-refractivity contribution in [1.82, 2.24) is 5.32 Å². The lowest BCUT2D eigenvalue weighted by Gasteiger charge is -2.11. The largest absolute Gasteiger partial charge is 0.331 e. The molecule has 0 aromatic heterocycles. The van der Waals surface area contributed by atoms with E-state index < -0.39 is 0 Å². The number of anilines is 1. The molecule has 0 radical (unpaired) electrons. The molecule has 1 amide bonds. The van der Waals surface area contributed by atoms with E-state index >= 15 is 0 Å². The van der Waals surface area contributed by atoms with Gasteiger partial charge in [-0.3, -0.25) is 4.79 Å². The van der Waals surface area contributed by atoms with E-state index in [1.54, 1.807) is 12.1 Å². The highest BCUT2D eigenvalue weighted by molar-refractivity contribution is 7.80. The lowest BCUT2D eigenvalue weighted by molar-refractivity contribution is -0.120. The van der Waals surface area contributed by atoms with Gasteiger partial charge in [-0.1, -0.05) is 37.6 Å². The van der Waals surface area contributed by atoms with Crippen LogP contribution in [0.25, 0.3) is 0 Å². The van der Waals surface area contributed by atoms with E-state index in [2.05, 4.69) is 10.6 Å². The highest BCUT2D eigenvalue weighted by Gasteiger charge is 2.07. The van der Waals surface area contributed by atoms with E-state index in [0.29, 0.717) is 23.0 Å². The normalized spacial score (nSPS) is 10.1. The van der Waals surface area contributed by atoms with Gasteiger partial charge in [0, 0.05) is 6.42 Å². The number of carbonyl (C=O) groups is 1. The van der Waals surface area contributed by atoms with E-state index in [-0.39, 0.29) is 11.0 Å². The number of thiocarbonyl (C=S) groups is 1. The van der Waals surface area contributed by atoms with Crippen LogP contribution in [0.2, 0.25) is 5.02 Å². The highest BCUT2D eigenvalue weighted by atomic mass is 35.5. The fourth-order valence-electron chi connectivity index (χ4n) is 1.26. The number of nitrogens with one attached hydrogen (secondary N) is 2. The third-order valence-corrected chi connectivity index (χ3v) is 2.50. The Hall–Kier alpha value is -1.13. The maximum atomic E-state index is 11.5. The maximum absolute atomic E-state index is 11.5. The third-order valence-electron chi connectivity index (χ3n) is 1.97. The van der Waals surface area contributed by atoms with Gasteiger partial charge in [-0.25, -0.2) is 0 Å². The van der Waals surface area contributed by atoms with Crippen molar-refractivity contribution in [3.63, 3.8) is 0 Å². The first-order valence-electron chi connectivity index (χ1n) is 5.34. The molecule has 0 aliphatic heterocycles. The minimum absolute atomic E-state index is 0.0930. The van der Waals surface area contributed by atoms with Crippen molar-refractivity contribution in [3.05, 3.63) is 29.3 Å². The standard InChI is InChI=1S/C12H15ClN2OS/c1-8(2)7-11(16)15-12(17)14-10-6-4-3-5-9(10)13/h3-6,8H,7H2,1-2H3,(H2,14,15,16,17). The average molecular weight is 271 g/mol. The first-order chi connectivity index (χ1) is 7.99. The summed E-state index contributed by atoms with van der Waals surface area (Å²) in [4.78, 5) is 11.5. The van der Waals surface area contributed by atoms with E-state index in [0.717, 1.165) is 0 Å². The van der Waals surface area contributed by atoms with E-state index in [4.69, 9.17) is 23.8 Å². The molecular weight excluding hydrogens is 256 g/mol. The second-order valence-electron chi connectivity index (χ2n) is 4.08. The van der Waals surface area contributed by atoms with Gasteiger partial charge in [0.15, 0.2) is 5.11 Å². The third kappa shape index (κ3) is 5.15. The molecule has 3 nitrogen and oxygen atoms in total. The molecule has 92 valence electrons. The molecule has 0 bridgehead atoms. The second-order valence-corrected chi connectivity index (χ2v) is 4.90. The molecular formula is C12H15ClN2OS. The van der Waals surface area contributed by atoms with E-state index in [1.807, 2.05) is 26.0 Å². The molecule has 0 fully saturated rings. The van der Waals surface area contributed by atoms with Crippen LogP contribution >= 0.6 is 23.8 Å². The van der Waals surface area contributed by atoms with Gasteiger partial charge in [-0.15, -0.1) is 0 Å². The molecule has 0 spiro atoms. The van der Waals surface area contributed by atoms with Crippen LogP contribution in [-0.4, -0.2) is 11.0 Å². The summed E-state index contributed by atoms with van der Waals surface area (Å²) >= 11 is 11.0. The van der Waals surface area contributed by atoms with Crippen LogP contribution in [0.1, 0.15) is 20.3 Å². The molecule has 5 heteroatoms. The Balaban J connectivity index is 2.51. The fraction of sp³-hybridized carbons (Fsp3) is 0.333. The second kappa shape index (κ2) is 6.57. The minimum Gasteiger partial charge on any atom is -0.331 e. The molecule has 1 aromatic rings. The Kier molecular flexibility index (Phi) is 5.38. The van der Waals surface area contributed by atoms with E-state index in [1.165, 1.54) is 0 Å². The lowest BCUT2D eigenvalue weighted by atomic mass is 10.1. The summed E-state index contributed by atoms with van der Waals surface area (Å²) in [6.07, 6.45) is 0.449. The SMILES string of the molecule is CC(C)CC(=O)NC(=S)Nc1ccccc1Cl. The van der Waals surface area contributed by atoms with Gasteiger partial charge in [0.05, 0.1) is 10.7 Å². The molecule has 0 unspecified atom stereocenters. The Morgan fingerprint density at radius 2 is 2.06 bits per heavy atom. The van der Waals surface area contributed by atoms with E-state index in [9.17, 15) is 4.79 Å². The first kappa shape index (κ1) is 13.9. The summed E-state index contributed by atoms with van der Waals surface area (Å²) in [7, 11) is 0. The van der Waals surface area contributed by atoms with Crippen molar-refractivity contribution in [1.29, 1.82) is 0 Å². The molecule has 0 heterocycles. The predicted molar refractivity (Wildman–Crippen MR) is 75.3 cm³/mol. The van der Waals surface area contributed by atoms with Crippen LogP contribution in [0.5, 0.6) is 0 Å². The van der Waals surface area contributed by atoms with Crippen molar-refractivity contribution >= 4 is 40.5 Å². The van der Waals surface area contributed by atoms with Gasteiger partial charge in [0.25, 0.3) is 0 Å². The van der Waals surface area contributed by atoms with Crippen LogP contribution in [-0.2, 0) is 4.79 Å². The van der Waals surface area contributed by atoms with Gasteiger partial charge in [0.1, 0.15) is 0 Å². The van der Waals surface area contributed by atoms with Crippen LogP contribution in [0.15, 0.2) is 24.3 Å². The van der Waals surface area contributed by atoms with Gasteiger partial charge < -0.3 is 10.6 Å². The lowest BCUT2D eigenvalue weighted by Crippen LogP contribution is -2.34. The zero-order valence-corrected chi connectivity index (χ0v) is 11.4. The fourth-order valence-corrected chi connectivity index (χ4v) is 1.67. The molecule has 0 atom stereocenters. The van der Waals surface area contributed by atoms with Crippen molar-refractivity contribution < 1.29 is 4.79 Å². The Morgan fingerprint density at radius 3 is 2.65 bits per heavy atom. The summed E-state index contributed by atoms with van der Waals surface area (Å²) in [5, 5.41) is 6.32. The van der Waals surface area contributed by atoms with Crippen molar-refractivity contribution in [2.45, 2.75) is 20.3 Å². The molecule has 0 saturated carbocycles. The molecule has 0 aliphatic carbocycles. The Bertz CT molecular complexity index is 421. The summed E-state index contributed by atoms with van der Waals surface area (Å²) < 4.78 is 0. The quantitative estimate of drug-likeness (QED) is 0.829. The summed E-state index contributed by atoms with van der Waals surface area (Å²) in [6.45, 7) is 3.95. The minimum atomic E-state index is -0.0930. The Morgan fingerprint density at radius 1 is 1.41 bits per heavy atom. The highest BCUT2D eigenvalue weighted by Crippen LogP contribution is 2.20. The summed E-state index contributed by atoms with van der Waals surface area (Å²) in [5.74, 6) is 0.211. The number of para-hydroxylation sites is 1. The van der Waals surface area contributed by atoms with Crippen molar-refractivity contribution in [3.8, 4) is 0 Å². The molecule has 2 N–H and O–H groups in total. The van der Waals surface area contributed by atoms with Crippen molar-refractivity contribution in [2.75, 3.05) is 5.32 Å². The molecule has 0 saturated heterocycles. The molecule has 1 aromatic carbocycles. The van der Waals surface area contributed by atoms with Gasteiger partial charge in [-0.2, -0.15) is 0 Å². The van der Waals surface area contributed by atoms with Crippen LogP contribution in [0.4, 0.5) is 5.69 Å². The molecule has 1 rings (SSSR count). The zero-order chi connectivity index (χ0) is 12.8. The van der Waals surface area contributed by atoms with Gasteiger partial charge >= 0.3 is 0 Å². The number of rotatable bonds is 3. The average Bonchev–Trinajstić information content (AvgIpc) is 2.19. The topological polar surface area (TPSA) is 41.1 Å². The number of amides is 1. The molecule has 17 heavy (non-hydrogen) atoms. The van der Waals surface area contributed by atoms with Crippen LogP contribution in [0.3, 0.4) is 0 Å². The van der Waals surface area contributed by atoms with Crippen LogP contribution in [0, 0.1) is 5.92 Å². The first-order valence-corrected chi connectivity index (χ1v) is 6.13. The van der Waals surface area contributed by atoms with Gasteiger partial charge in [0.2, 0.25) is 5.91 Å². The smallest absolute Gasteiger partial charge is 0.226 e. The summed E-state index contributed by atoms with van der Waals surface area (Å²) in [6, 6.07) is 7.21. The molecule has 0 aliphatic rings. The van der Waals surface area contributed by atoms with Gasteiger partial charge in [-0.05, 0) is 30.3 Å². The number of hydrogen-bond acceptors (Lipinski definition) is 2. The van der Waals surface area contributed by atoms with Crippen molar-refractivity contribution in [2.24, 2.45) is 5.92 Å². The summed E-state index contributed by atoms with van der Waals surface area (Å²) in [5.41, 5.74) is 0.684. The predicted octanol–water partition coefficient (Wildman–Crippen LogP) is 3.20. The van der Waals surface area contributed by atoms with Crippen LogP contribution < -0.4 is 10.6 Å². The number of halogens is 1. The zero-order valence-electron chi connectivity index (χ0n) is 9.79. The number of hydrogen-bond donors (Lipinski definition) is 2. The maximum Gasteiger partial charge on any atom is 0.226 e.